The van der Waals surface area contributed by atoms with Crippen molar-refractivity contribution < 1.29 is 0 Å². The number of hydrogen-bond donors (Lipinski definition) is 1. The van der Waals surface area contributed by atoms with Crippen LogP contribution in [-0.2, 0) is 6.42 Å². The number of thiophene rings is 1. The van der Waals surface area contributed by atoms with Gasteiger partial charge in [0, 0.05) is 7.05 Å². The lowest BCUT2D eigenvalue weighted by atomic mass is 10.2. The van der Waals surface area contributed by atoms with Crippen LogP contribution in [0.1, 0.15) is 12.5 Å². The molecule has 0 amide bonds. The summed E-state index contributed by atoms with van der Waals surface area (Å²) in [6.07, 6.45) is 2.55. The number of rotatable bonds is 2. The van der Waals surface area contributed by atoms with Crippen LogP contribution in [0, 0.1) is 0 Å². The van der Waals surface area contributed by atoms with Crippen LogP contribution < -0.4 is 10.9 Å². The molecule has 2 aromatic rings. The van der Waals surface area contributed by atoms with Gasteiger partial charge < -0.3 is 0 Å². The molecular weight excluding hydrogens is 196 g/mol. The fraction of sp³-hybridized carbons (Fsp3) is 0.333. The zero-order valence-electron chi connectivity index (χ0n) is 8.19. The van der Waals surface area contributed by atoms with Crippen molar-refractivity contribution in [2.75, 3.05) is 12.1 Å². The molecule has 0 aliphatic carbocycles. The highest BCUT2D eigenvalue weighted by molar-refractivity contribution is 7.18. The van der Waals surface area contributed by atoms with Gasteiger partial charge in [-0.15, -0.1) is 11.3 Å². The van der Waals surface area contributed by atoms with Gasteiger partial charge in [-0.3, -0.25) is 5.01 Å². The number of hydrogen-bond acceptors (Lipinski definition) is 5. The van der Waals surface area contributed by atoms with Crippen molar-refractivity contribution in [3.63, 3.8) is 0 Å². The number of nitrogens with two attached hydrogens (primary N) is 1. The molecule has 5 heteroatoms. The number of nitrogens with zero attached hydrogens (tertiary/aromatic N) is 3. The molecule has 0 fully saturated rings. The fourth-order valence-electron chi connectivity index (χ4n) is 1.39. The molecule has 0 radical (unpaired) electrons. The minimum atomic E-state index is 0.791. The van der Waals surface area contributed by atoms with Gasteiger partial charge in [-0.05, 0) is 17.4 Å². The maximum atomic E-state index is 5.68. The Labute approximate surface area is 86.4 Å². The van der Waals surface area contributed by atoms with E-state index in [4.69, 9.17) is 5.84 Å². The summed E-state index contributed by atoms with van der Waals surface area (Å²) in [5, 5.41) is 3.65. The van der Waals surface area contributed by atoms with Crippen LogP contribution in [0.2, 0.25) is 0 Å². The zero-order valence-corrected chi connectivity index (χ0v) is 9.01. The van der Waals surface area contributed by atoms with Gasteiger partial charge in [0.15, 0.2) is 5.82 Å². The molecule has 0 aliphatic rings. The second-order valence-corrected chi connectivity index (χ2v) is 3.98. The van der Waals surface area contributed by atoms with Crippen LogP contribution in [0.4, 0.5) is 5.82 Å². The monoisotopic (exact) mass is 208 g/mol. The Kier molecular flexibility index (Phi) is 2.35. The lowest BCUT2D eigenvalue weighted by molar-refractivity contribution is 0.979. The first-order chi connectivity index (χ1) is 6.74. The molecule has 0 saturated carbocycles. The van der Waals surface area contributed by atoms with Crippen molar-refractivity contribution in [2.45, 2.75) is 13.3 Å². The molecule has 2 heterocycles. The van der Waals surface area contributed by atoms with Gasteiger partial charge in [0.1, 0.15) is 6.33 Å². The van der Waals surface area contributed by atoms with Crippen molar-refractivity contribution in [1.29, 1.82) is 0 Å². The Morgan fingerprint density at radius 3 is 2.93 bits per heavy atom. The van der Waals surface area contributed by atoms with Crippen molar-refractivity contribution in [1.82, 2.24) is 9.97 Å². The van der Waals surface area contributed by atoms with Crippen molar-refractivity contribution in [3.05, 3.63) is 17.3 Å². The number of hydrazine groups is 1. The van der Waals surface area contributed by atoms with Gasteiger partial charge in [0.2, 0.25) is 0 Å². The first-order valence-corrected chi connectivity index (χ1v) is 5.31. The molecule has 2 aromatic heterocycles. The molecular formula is C9H12N4S. The predicted molar refractivity (Wildman–Crippen MR) is 59.4 cm³/mol. The van der Waals surface area contributed by atoms with E-state index in [0.29, 0.717) is 0 Å². The molecule has 0 spiro atoms. The maximum absolute atomic E-state index is 5.68. The Balaban J connectivity index is 2.70. The molecule has 0 aliphatic heterocycles. The van der Waals surface area contributed by atoms with E-state index in [9.17, 15) is 0 Å². The highest BCUT2D eigenvalue weighted by Gasteiger charge is 2.10. The summed E-state index contributed by atoms with van der Waals surface area (Å²) in [6, 6.07) is 0. The zero-order chi connectivity index (χ0) is 10.1. The quantitative estimate of drug-likeness (QED) is 0.601. The molecule has 4 nitrogen and oxygen atoms in total. The average Bonchev–Trinajstić information content (AvgIpc) is 2.59. The highest BCUT2D eigenvalue weighted by atomic mass is 32.1. The summed E-state index contributed by atoms with van der Waals surface area (Å²) in [5.41, 5.74) is 2.29. The van der Waals surface area contributed by atoms with Gasteiger partial charge in [-0.25, -0.2) is 15.8 Å². The van der Waals surface area contributed by atoms with Crippen molar-refractivity contribution in [3.8, 4) is 0 Å². The minimum absolute atomic E-state index is 0.791. The third-order valence-electron chi connectivity index (χ3n) is 2.12. The molecule has 74 valence electrons. The summed E-state index contributed by atoms with van der Waals surface area (Å²) in [7, 11) is 1.78. The number of aryl methyl sites for hydroxylation is 1. The Bertz CT molecular complexity index is 449. The Hall–Kier alpha value is -1.20. The molecule has 0 saturated heterocycles. The minimum Gasteiger partial charge on any atom is -0.297 e. The van der Waals surface area contributed by atoms with E-state index in [-0.39, 0.29) is 0 Å². The highest BCUT2D eigenvalue weighted by Crippen LogP contribution is 2.29. The smallest absolute Gasteiger partial charge is 0.163 e. The van der Waals surface area contributed by atoms with Crippen LogP contribution in [0.25, 0.3) is 10.2 Å². The Morgan fingerprint density at radius 2 is 2.29 bits per heavy atom. The average molecular weight is 208 g/mol. The first-order valence-electron chi connectivity index (χ1n) is 4.43. The van der Waals surface area contributed by atoms with E-state index in [2.05, 4.69) is 22.3 Å². The summed E-state index contributed by atoms with van der Waals surface area (Å²) >= 11 is 1.65. The van der Waals surface area contributed by atoms with Crippen LogP contribution in [0.5, 0.6) is 0 Å². The largest absolute Gasteiger partial charge is 0.297 e. The second-order valence-electron chi connectivity index (χ2n) is 3.10. The van der Waals surface area contributed by atoms with Gasteiger partial charge in [0.25, 0.3) is 0 Å². The van der Waals surface area contributed by atoms with E-state index in [0.717, 1.165) is 22.5 Å². The van der Waals surface area contributed by atoms with Gasteiger partial charge >= 0.3 is 0 Å². The summed E-state index contributed by atoms with van der Waals surface area (Å²) in [5.74, 6) is 6.47. The second kappa shape index (κ2) is 3.51. The van der Waals surface area contributed by atoms with Crippen LogP contribution in [-0.4, -0.2) is 17.0 Å². The SMILES string of the molecule is CCc1csc2c(N(C)N)ncnc12. The van der Waals surface area contributed by atoms with Gasteiger partial charge in [-0.2, -0.15) is 0 Å². The van der Waals surface area contributed by atoms with Crippen LogP contribution in [0.3, 0.4) is 0 Å². The number of anilines is 1. The summed E-state index contributed by atoms with van der Waals surface area (Å²) in [4.78, 5) is 8.43. The van der Waals surface area contributed by atoms with Gasteiger partial charge in [0.05, 0.1) is 10.2 Å². The third-order valence-corrected chi connectivity index (χ3v) is 3.14. The van der Waals surface area contributed by atoms with E-state index in [1.165, 1.54) is 10.6 Å². The lowest BCUT2D eigenvalue weighted by Crippen LogP contribution is -2.26. The topological polar surface area (TPSA) is 55.0 Å². The molecule has 2 rings (SSSR count). The standard InChI is InChI=1S/C9H12N4S/c1-3-6-4-14-8-7(6)11-5-12-9(8)13(2)10/h4-5H,3,10H2,1-2H3. The van der Waals surface area contributed by atoms with Crippen molar-refractivity contribution in [2.24, 2.45) is 5.84 Å². The first kappa shape index (κ1) is 9.36. The Morgan fingerprint density at radius 1 is 1.50 bits per heavy atom. The molecule has 0 bridgehead atoms. The fourth-order valence-corrected chi connectivity index (χ4v) is 2.53. The summed E-state index contributed by atoms with van der Waals surface area (Å²) < 4.78 is 1.06. The molecule has 2 N–H and O–H groups in total. The van der Waals surface area contributed by atoms with E-state index in [1.807, 2.05) is 0 Å². The molecule has 14 heavy (non-hydrogen) atoms. The van der Waals surface area contributed by atoms with E-state index >= 15 is 0 Å². The van der Waals surface area contributed by atoms with Crippen LogP contribution in [0.15, 0.2) is 11.7 Å². The maximum Gasteiger partial charge on any atom is 0.163 e. The number of aromatic nitrogens is 2. The van der Waals surface area contributed by atoms with Gasteiger partial charge in [-0.1, -0.05) is 6.92 Å². The van der Waals surface area contributed by atoms with Crippen LogP contribution >= 0.6 is 11.3 Å². The lowest BCUT2D eigenvalue weighted by Gasteiger charge is -2.10. The molecule has 0 atom stereocenters. The molecule has 0 unspecified atom stereocenters. The van der Waals surface area contributed by atoms with Crippen molar-refractivity contribution >= 4 is 27.4 Å². The van der Waals surface area contributed by atoms with E-state index < -0.39 is 0 Å². The predicted octanol–water partition coefficient (Wildman–Crippen LogP) is 1.56. The summed E-state index contributed by atoms with van der Waals surface area (Å²) in [6.45, 7) is 2.12. The number of fused-ring (bicyclic) bond motifs is 1. The third kappa shape index (κ3) is 1.34. The van der Waals surface area contributed by atoms with E-state index in [1.54, 1.807) is 24.7 Å². The normalized spacial score (nSPS) is 10.8. The molecule has 0 aromatic carbocycles.